The molecule has 0 spiro atoms. The molecule has 1 aromatic carbocycles. The van der Waals surface area contributed by atoms with Crippen molar-refractivity contribution in [1.29, 1.82) is 0 Å². The highest BCUT2D eigenvalue weighted by molar-refractivity contribution is 6.31. The molecule has 1 fully saturated rings. The molecule has 1 saturated heterocycles. The summed E-state index contributed by atoms with van der Waals surface area (Å²) in [5, 5.41) is 0.825. The Kier molecular flexibility index (Phi) is 5.22. The second kappa shape index (κ2) is 6.71. The van der Waals surface area contributed by atoms with Crippen molar-refractivity contribution in [3.05, 3.63) is 34.9 Å². The molecule has 0 bridgehead atoms. The van der Waals surface area contributed by atoms with Crippen LogP contribution in [0.2, 0.25) is 5.02 Å². The van der Waals surface area contributed by atoms with Crippen LogP contribution in [0.1, 0.15) is 24.8 Å². The Bertz CT molecular complexity index is 403. The topological polar surface area (TPSA) is 38.5 Å². The fourth-order valence-electron chi connectivity index (χ4n) is 2.78. The van der Waals surface area contributed by atoms with E-state index in [4.69, 9.17) is 22.1 Å². The largest absolute Gasteiger partial charge is 0.381 e. The lowest BCUT2D eigenvalue weighted by molar-refractivity contribution is 0.0835. The zero-order valence-electron chi connectivity index (χ0n) is 11.6. The van der Waals surface area contributed by atoms with E-state index in [9.17, 15) is 0 Å². The molecule has 1 heterocycles. The van der Waals surface area contributed by atoms with E-state index >= 15 is 0 Å². The molecule has 2 N–H and O–H groups in total. The molecular weight excluding hydrogens is 260 g/mol. The molecule has 106 valence electrons. The summed E-state index contributed by atoms with van der Waals surface area (Å²) in [5.41, 5.74) is 7.26. The van der Waals surface area contributed by atoms with Crippen molar-refractivity contribution in [2.24, 2.45) is 5.73 Å². The lowest BCUT2D eigenvalue weighted by atomic mass is 9.88. The number of halogens is 1. The molecule has 1 atom stereocenters. The van der Waals surface area contributed by atoms with E-state index in [1.54, 1.807) is 0 Å². The normalized spacial score (nSPS) is 24.4. The molecule has 4 heteroatoms. The van der Waals surface area contributed by atoms with Crippen LogP contribution in [0.25, 0.3) is 0 Å². The molecule has 3 nitrogen and oxygen atoms in total. The molecule has 2 rings (SSSR count). The summed E-state index contributed by atoms with van der Waals surface area (Å²) in [7, 11) is 2.14. The summed E-state index contributed by atoms with van der Waals surface area (Å²) in [6.07, 6.45) is 3.15. The number of benzene rings is 1. The average molecular weight is 283 g/mol. The van der Waals surface area contributed by atoms with Crippen LogP contribution in [0.5, 0.6) is 0 Å². The summed E-state index contributed by atoms with van der Waals surface area (Å²) in [6.45, 7) is 3.14. The van der Waals surface area contributed by atoms with Crippen molar-refractivity contribution in [3.63, 3.8) is 0 Å². The summed E-state index contributed by atoms with van der Waals surface area (Å²) in [4.78, 5) is 2.35. The van der Waals surface area contributed by atoms with Gasteiger partial charge in [0.05, 0.1) is 0 Å². The Hall–Kier alpha value is -0.610. The average Bonchev–Trinajstić information content (AvgIpc) is 2.67. The molecule has 0 radical (unpaired) electrons. The molecule has 1 aliphatic rings. The SMILES string of the molecule is CN(Cc1ccccc1Cl)C1(CN)CCCOCC1. The van der Waals surface area contributed by atoms with E-state index in [2.05, 4.69) is 18.0 Å². The minimum atomic E-state index is 0.0374. The maximum absolute atomic E-state index is 6.25. The molecule has 1 aliphatic heterocycles. The van der Waals surface area contributed by atoms with Gasteiger partial charge in [-0.05, 0) is 37.9 Å². The number of hydrogen-bond acceptors (Lipinski definition) is 3. The fourth-order valence-corrected chi connectivity index (χ4v) is 2.98. The van der Waals surface area contributed by atoms with Crippen molar-refractivity contribution < 1.29 is 4.74 Å². The van der Waals surface area contributed by atoms with Gasteiger partial charge >= 0.3 is 0 Å². The van der Waals surface area contributed by atoms with Gasteiger partial charge in [-0.25, -0.2) is 0 Å². The van der Waals surface area contributed by atoms with Crippen LogP contribution >= 0.6 is 11.6 Å². The smallest absolute Gasteiger partial charge is 0.0484 e. The van der Waals surface area contributed by atoms with Gasteiger partial charge in [-0.2, -0.15) is 0 Å². The van der Waals surface area contributed by atoms with Crippen LogP contribution in [0.4, 0.5) is 0 Å². The standard InChI is InChI=1S/C15H23ClN2O/c1-18(11-13-5-2-3-6-14(13)16)15(12-17)7-4-9-19-10-8-15/h2-3,5-6H,4,7-12,17H2,1H3. The number of nitrogens with zero attached hydrogens (tertiary/aromatic N) is 1. The summed E-state index contributed by atoms with van der Waals surface area (Å²) in [6, 6.07) is 8.01. The van der Waals surface area contributed by atoms with Gasteiger partial charge in [-0.15, -0.1) is 0 Å². The molecular formula is C15H23ClN2O. The van der Waals surface area contributed by atoms with Crippen molar-refractivity contribution >= 4 is 11.6 Å². The summed E-state index contributed by atoms with van der Waals surface area (Å²) in [5.74, 6) is 0. The first kappa shape index (κ1) is 14.8. The van der Waals surface area contributed by atoms with Crippen LogP contribution in [-0.4, -0.2) is 37.2 Å². The molecule has 0 aliphatic carbocycles. The van der Waals surface area contributed by atoms with E-state index in [1.165, 1.54) is 0 Å². The predicted molar refractivity (Wildman–Crippen MR) is 79.4 cm³/mol. The van der Waals surface area contributed by atoms with E-state index in [0.717, 1.165) is 49.6 Å². The highest BCUT2D eigenvalue weighted by atomic mass is 35.5. The molecule has 0 saturated carbocycles. The van der Waals surface area contributed by atoms with E-state index in [0.29, 0.717) is 6.54 Å². The first-order valence-electron chi connectivity index (χ1n) is 6.90. The van der Waals surface area contributed by atoms with Gasteiger partial charge in [0.1, 0.15) is 0 Å². The maximum Gasteiger partial charge on any atom is 0.0484 e. The number of ether oxygens (including phenoxy) is 1. The molecule has 1 aromatic rings. The zero-order chi connectivity index (χ0) is 13.7. The van der Waals surface area contributed by atoms with Crippen LogP contribution in [-0.2, 0) is 11.3 Å². The summed E-state index contributed by atoms with van der Waals surface area (Å²) >= 11 is 6.25. The molecule has 1 unspecified atom stereocenters. The number of hydrogen-bond donors (Lipinski definition) is 1. The Morgan fingerprint density at radius 1 is 1.32 bits per heavy atom. The number of nitrogens with two attached hydrogens (primary N) is 1. The maximum atomic E-state index is 6.25. The fraction of sp³-hybridized carbons (Fsp3) is 0.600. The molecule has 0 aromatic heterocycles. The number of rotatable bonds is 4. The van der Waals surface area contributed by atoms with Gasteiger partial charge in [0.25, 0.3) is 0 Å². The minimum Gasteiger partial charge on any atom is -0.381 e. The van der Waals surface area contributed by atoms with E-state index < -0.39 is 0 Å². The van der Waals surface area contributed by atoms with E-state index in [-0.39, 0.29) is 5.54 Å². The lowest BCUT2D eigenvalue weighted by Gasteiger charge is -2.40. The van der Waals surface area contributed by atoms with Crippen LogP contribution in [0.15, 0.2) is 24.3 Å². The van der Waals surface area contributed by atoms with Crippen molar-refractivity contribution in [2.75, 3.05) is 26.8 Å². The third-order valence-electron chi connectivity index (χ3n) is 4.20. The van der Waals surface area contributed by atoms with Crippen LogP contribution in [0, 0.1) is 0 Å². The van der Waals surface area contributed by atoms with Crippen LogP contribution in [0.3, 0.4) is 0 Å². The van der Waals surface area contributed by atoms with Gasteiger partial charge in [-0.1, -0.05) is 29.8 Å². The Balaban J connectivity index is 2.12. The monoisotopic (exact) mass is 282 g/mol. The minimum absolute atomic E-state index is 0.0374. The Morgan fingerprint density at radius 2 is 2.11 bits per heavy atom. The zero-order valence-corrected chi connectivity index (χ0v) is 12.3. The molecule has 0 amide bonds. The highest BCUT2D eigenvalue weighted by Gasteiger charge is 2.34. The Labute approximate surface area is 120 Å². The van der Waals surface area contributed by atoms with Crippen molar-refractivity contribution in [3.8, 4) is 0 Å². The van der Waals surface area contributed by atoms with Crippen molar-refractivity contribution in [2.45, 2.75) is 31.3 Å². The second-order valence-corrected chi connectivity index (χ2v) is 5.75. The van der Waals surface area contributed by atoms with Gasteiger partial charge < -0.3 is 10.5 Å². The van der Waals surface area contributed by atoms with Crippen molar-refractivity contribution in [1.82, 2.24) is 4.90 Å². The van der Waals surface area contributed by atoms with Gasteiger partial charge in [0, 0.05) is 36.9 Å². The number of likely N-dealkylation sites (N-methyl/N-ethyl adjacent to an activating group) is 1. The van der Waals surface area contributed by atoms with Gasteiger partial charge in [0.2, 0.25) is 0 Å². The molecule has 19 heavy (non-hydrogen) atoms. The first-order valence-corrected chi connectivity index (χ1v) is 7.28. The van der Waals surface area contributed by atoms with E-state index in [1.807, 2.05) is 18.2 Å². The highest BCUT2D eigenvalue weighted by Crippen LogP contribution is 2.29. The first-order chi connectivity index (χ1) is 9.18. The summed E-state index contributed by atoms with van der Waals surface area (Å²) < 4.78 is 5.57. The lowest BCUT2D eigenvalue weighted by Crippen LogP contribution is -2.51. The quantitative estimate of drug-likeness (QED) is 0.923. The predicted octanol–water partition coefficient (Wildman–Crippen LogP) is 2.67. The third kappa shape index (κ3) is 3.48. The third-order valence-corrected chi connectivity index (χ3v) is 4.57. The second-order valence-electron chi connectivity index (χ2n) is 5.34. The van der Waals surface area contributed by atoms with Gasteiger partial charge in [0.15, 0.2) is 0 Å². The van der Waals surface area contributed by atoms with Gasteiger partial charge in [-0.3, -0.25) is 4.90 Å². The van der Waals surface area contributed by atoms with Crippen LogP contribution < -0.4 is 5.73 Å². The Morgan fingerprint density at radius 3 is 2.84 bits per heavy atom.